The SMILES string of the molecule is CCN(CC(=O)O)C1CCN(C(=O)c2cc(C)c(Br)cc2C)CC1. The zero-order chi connectivity index (χ0) is 17.9. The van der Waals surface area contributed by atoms with Gasteiger partial charge in [0.2, 0.25) is 0 Å². The van der Waals surface area contributed by atoms with Gasteiger partial charge in [-0.2, -0.15) is 0 Å². The van der Waals surface area contributed by atoms with E-state index in [0.29, 0.717) is 13.1 Å². The van der Waals surface area contributed by atoms with Crippen LogP contribution in [0.3, 0.4) is 0 Å². The second kappa shape index (κ2) is 8.12. The van der Waals surface area contributed by atoms with Gasteiger partial charge in [0.05, 0.1) is 6.54 Å². The molecule has 1 aliphatic rings. The molecule has 0 aliphatic carbocycles. The van der Waals surface area contributed by atoms with Gasteiger partial charge < -0.3 is 10.0 Å². The summed E-state index contributed by atoms with van der Waals surface area (Å²) < 4.78 is 1.02. The highest BCUT2D eigenvalue weighted by Crippen LogP contribution is 2.24. The van der Waals surface area contributed by atoms with Crippen LogP contribution >= 0.6 is 15.9 Å². The molecule has 0 unspecified atom stereocenters. The van der Waals surface area contributed by atoms with Crippen LogP contribution in [0.1, 0.15) is 41.3 Å². The van der Waals surface area contributed by atoms with Gasteiger partial charge >= 0.3 is 5.97 Å². The van der Waals surface area contributed by atoms with Crippen molar-refractivity contribution >= 4 is 27.8 Å². The van der Waals surface area contributed by atoms with Crippen LogP contribution in [0.5, 0.6) is 0 Å². The third-order valence-electron chi connectivity index (χ3n) is 4.75. The second-order valence-electron chi connectivity index (χ2n) is 6.40. The molecule has 0 atom stereocenters. The van der Waals surface area contributed by atoms with E-state index in [9.17, 15) is 9.59 Å². The lowest BCUT2D eigenvalue weighted by Crippen LogP contribution is -2.48. The maximum absolute atomic E-state index is 12.8. The molecule has 5 nitrogen and oxygen atoms in total. The van der Waals surface area contributed by atoms with Crippen LogP contribution in [0.4, 0.5) is 0 Å². The normalized spacial score (nSPS) is 15.8. The number of amides is 1. The topological polar surface area (TPSA) is 60.9 Å². The minimum absolute atomic E-state index is 0.0696. The van der Waals surface area contributed by atoms with Gasteiger partial charge in [-0.25, -0.2) is 0 Å². The number of benzene rings is 1. The highest BCUT2D eigenvalue weighted by Gasteiger charge is 2.28. The van der Waals surface area contributed by atoms with E-state index in [1.54, 1.807) is 0 Å². The molecular formula is C18H25BrN2O3. The smallest absolute Gasteiger partial charge is 0.317 e. The molecule has 0 spiro atoms. The van der Waals surface area contributed by atoms with E-state index in [2.05, 4.69) is 15.9 Å². The molecule has 1 saturated heterocycles. The van der Waals surface area contributed by atoms with Crippen molar-refractivity contribution in [3.05, 3.63) is 33.3 Å². The number of aliphatic carboxylic acids is 1. The number of piperidine rings is 1. The Hall–Kier alpha value is -1.40. The number of carboxylic acids is 1. The summed E-state index contributed by atoms with van der Waals surface area (Å²) in [5, 5.41) is 9.00. The minimum atomic E-state index is -0.795. The molecule has 2 rings (SSSR count). The fraction of sp³-hybridized carbons (Fsp3) is 0.556. The summed E-state index contributed by atoms with van der Waals surface area (Å²) in [4.78, 5) is 27.6. The largest absolute Gasteiger partial charge is 0.480 e. The van der Waals surface area contributed by atoms with Crippen molar-refractivity contribution < 1.29 is 14.7 Å². The van der Waals surface area contributed by atoms with Gasteiger partial charge in [0.25, 0.3) is 5.91 Å². The summed E-state index contributed by atoms with van der Waals surface area (Å²) in [6.07, 6.45) is 1.64. The van der Waals surface area contributed by atoms with E-state index in [1.807, 2.05) is 42.7 Å². The fourth-order valence-corrected chi connectivity index (χ4v) is 3.75. The molecule has 1 fully saturated rings. The van der Waals surface area contributed by atoms with Crippen LogP contribution in [0.25, 0.3) is 0 Å². The van der Waals surface area contributed by atoms with Gasteiger partial charge in [-0.3, -0.25) is 14.5 Å². The van der Waals surface area contributed by atoms with Gasteiger partial charge in [-0.1, -0.05) is 22.9 Å². The van der Waals surface area contributed by atoms with Crippen molar-refractivity contribution in [1.82, 2.24) is 9.80 Å². The number of halogens is 1. The molecule has 132 valence electrons. The van der Waals surface area contributed by atoms with Crippen LogP contribution in [-0.2, 0) is 4.79 Å². The summed E-state index contributed by atoms with van der Waals surface area (Å²) >= 11 is 3.50. The lowest BCUT2D eigenvalue weighted by Gasteiger charge is -2.37. The Morgan fingerprint density at radius 1 is 1.25 bits per heavy atom. The summed E-state index contributed by atoms with van der Waals surface area (Å²) in [5.41, 5.74) is 2.78. The van der Waals surface area contributed by atoms with E-state index in [4.69, 9.17) is 5.11 Å². The maximum atomic E-state index is 12.8. The highest BCUT2D eigenvalue weighted by atomic mass is 79.9. The van der Waals surface area contributed by atoms with E-state index < -0.39 is 5.97 Å². The van der Waals surface area contributed by atoms with Crippen molar-refractivity contribution in [2.24, 2.45) is 0 Å². The number of aryl methyl sites for hydroxylation is 2. The van der Waals surface area contributed by atoms with E-state index >= 15 is 0 Å². The number of carboxylic acid groups (broad SMARTS) is 1. The Bertz CT molecular complexity index is 625. The highest BCUT2D eigenvalue weighted by molar-refractivity contribution is 9.10. The average molecular weight is 397 g/mol. The van der Waals surface area contributed by atoms with Gasteiger partial charge in [-0.05, 0) is 56.5 Å². The van der Waals surface area contributed by atoms with Gasteiger partial charge in [0.15, 0.2) is 0 Å². The molecule has 1 amide bonds. The Kier molecular flexibility index (Phi) is 6.40. The third-order valence-corrected chi connectivity index (χ3v) is 5.60. The number of nitrogens with zero attached hydrogens (tertiary/aromatic N) is 2. The quantitative estimate of drug-likeness (QED) is 0.830. The molecule has 1 aliphatic heterocycles. The lowest BCUT2D eigenvalue weighted by atomic mass is 10.00. The van der Waals surface area contributed by atoms with Crippen molar-refractivity contribution in [3.63, 3.8) is 0 Å². The first-order chi connectivity index (χ1) is 11.3. The monoisotopic (exact) mass is 396 g/mol. The number of carbonyl (C=O) groups is 2. The molecule has 1 aromatic rings. The second-order valence-corrected chi connectivity index (χ2v) is 7.25. The predicted octanol–water partition coefficient (Wildman–Crippen LogP) is 3.08. The molecule has 6 heteroatoms. The molecule has 1 heterocycles. The molecule has 24 heavy (non-hydrogen) atoms. The van der Waals surface area contributed by atoms with Crippen molar-refractivity contribution in [2.75, 3.05) is 26.2 Å². The molecule has 1 aromatic carbocycles. The van der Waals surface area contributed by atoms with Crippen molar-refractivity contribution in [3.8, 4) is 0 Å². The number of hydrogen-bond donors (Lipinski definition) is 1. The molecule has 0 radical (unpaired) electrons. The Morgan fingerprint density at radius 2 is 1.88 bits per heavy atom. The van der Waals surface area contributed by atoms with Gasteiger partial charge in [-0.15, -0.1) is 0 Å². The van der Waals surface area contributed by atoms with Crippen LogP contribution in [0, 0.1) is 13.8 Å². The summed E-state index contributed by atoms with van der Waals surface area (Å²) in [5.74, 6) is -0.723. The number of rotatable bonds is 5. The first-order valence-electron chi connectivity index (χ1n) is 8.35. The van der Waals surface area contributed by atoms with E-state index in [1.165, 1.54) is 0 Å². The standard InChI is InChI=1S/C18H25BrN2O3/c1-4-20(11-17(22)23)14-5-7-21(8-6-14)18(24)15-9-13(3)16(19)10-12(15)2/h9-10,14H,4-8,11H2,1-3H3,(H,22,23). The Morgan fingerprint density at radius 3 is 2.42 bits per heavy atom. The van der Waals surface area contributed by atoms with Gasteiger partial charge in [0, 0.05) is 29.2 Å². The van der Waals surface area contributed by atoms with Crippen molar-refractivity contribution in [2.45, 2.75) is 39.7 Å². The molecule has 0 saturated carbocycles. The third kappa shape index (κ3) is 4.36. The first kappa shape index (κ1) is 18.9. The number of likely N-dealkylation sites (tertiary alicyclic amines) is 1. The van der Waals surface area contributed by atoms with Crippen molar-refractivity contribution in [1.29, 1.82) is 0 Å². The Labute approximate surface area is 151 Å². The number of carbonyl (C=O) groups excluding carboxylic acids is 1. The molecule has 0 bridgehead atoms. The van der Waals surface area contributed by atoms with E-state index in [-0.39, 0.29) is 18.5 Å². The van der Waals surface area contributed by atoms with Gasteiger partial charge in [0.1, 0.15) is 0 Å². The van der Waals surface area contributed by atoms with Crippen LogP contribution in [0.15, 0.2) is 16.6 Å². The molecule has 0 aromatic heterocycles. The fourth-order valence-electron chi connectivity index (χ4n) is 3.29. The van der Waals surface area contributed by atoms with Crippen LogP contribution in [-0.4, -0.2) is 59.0 Å². The molecular weight excluding hydrogens is 372 g/mol. The maximum Gasteiger partial charge on any atom is 0.317 e. The lowest BCUT2D eigenvalue weighted by molar-refractivity contribution is -0.139. The summed E-state index contributed by atoms with van der Waals surface area (Å²) in [7, 11) is 0. The summed E-state index contributed by atoms with van der Waals surface area (Å²) in [6, 6.07) is 4.17. The Balaban J connectivity index is 2.03. The predicted molar refractivity (Wildman–Crippen MR) is 97.4 cm³/mol. The number of hydrogen-bond acceptors (Lipinski definition) is 3. The zero-order valence-corrected chi connectivity index (χ0v) is 16.1. The van der Waals surface area contributed by atoms with E-state index in [0.717, 1.165) is 40.5 Å². The van der Waals surface area contributed by atoms with Crippen LogP contribution in [0.2, 0.25) is 0 Å². The van der Waals surface area contributed by atoms with Crippen LogP contribution < -0.4 is 0 Å². The average Bonchev–Trinajstić information content (AvgIpc) is 2.55. The summed E-state index contributed by atoms with van der Waals surface area (Å²) in [6.45, 7) is 8.06. The minimum Gasteiger partial charge on any atom is -0.480 e. The zero-order valence-electron chi connectivity index (χ0n) is 14.5. The number of likely N-dealkylation sites (N-methyl/N-ethyl adjacent to an activating group) is 1. The molecule has 1 N–H and O–H groups in total. The first-order valence-corrected chi connectivity index (χ1v) is 9.14.